The number of rotatable bonds is 1. The smallest absolute Gasteiger partial charge is 0.336 e. The monoisotopic (exact) mass is 214 g/mol. The van der Waals surface area contributed by atoms with Crippen LogP contribution in [-0.4, -0.2) is 45.1 Å². The molecule has 2 saturated heterocycles. The minimum atomic E-state index is -1.72. The molecular formula is C8H10N2O3S. The van der Waals surface area contributed by atoms with E-state index in [9.17, 15) is 9.59 Å². The van der Waals surface area contributed by atoms with Crippen LogP contribution in [0.3, 0.4) is 0 Å². The van der Waals surface area contributed by atoms with Crippen molar-refractivity contribution in [2.24, 2.45) is 5.73 Å². The van der Waals surface area contributed by atoms with Crippen LogP contribution in [-0.2, 0) is 9.59 Å². The Labute approximate surface area is 84.9 Å². The van der Waals surface area contributed by atoms with Gasteiger partial charge in [0.05, 0.1) is 0 Å². The number of amides is 1. The van der Waals surface area contributed by atoms with E-state index in [0.29, 0.717) is 12.3 Å². The van der Waals surface area contributed by atoms with Crippen LogP contribution in [0.4, 0.5) is 0 Å². The van der Waals surface area contributed by atoms with Crippen LogP contribution in [0.15, 0.2) is 12.2 Å². The number of carbonyl (C=O) groups excluding carboxylic acids is 1. The molecule has 0 bridgehead atoms. The largest absolute Gasteiger partial charge is 0.479 e. The number of fused-ring (bicyclic) bond motifs is 1. The van der Waals surface area contributed by atoms with Crippen molar-refractivity contribution in [1.29, 1.82) is 0 Å². The van der Waals surface area contributed by atoms with E-state index in [1.807, 2.05) is 0 Å². The van der Waals surface area contributed by atoms with E-state index in [4.69, 9.17) is 10.8 Å². The molecule has 1 amide bonds. The fourth-order valence-corrected chi connectivity index (χ4v) is 2.99. The van der Waals surface area contributed by atoms with Crippen molar-refractivity contribution in [2.45, 2.75) is 10.9 Å². The summed E-state index contributed by atoms with van der Waals surface area (Å²) in [6.45, 7) is 4.19. The average Bonchev–Trinajstić information content (AvgIpc) is 2.15. The summed E-state index contributed by atoms with van der Waals surface area (Å²) in [5, 5.41) is 8.43. The fourth-order valence-electron chi connectivity index (χ4n) is 1.69. The molecule has 14 heavy (non-hydrogen) atoms. The van der Waals surface area contributed by atoms with Crippen molar-refractivity contribution in [3.63, 3.8) is 0 Å². The molecule has 0 aliphatic carbocycles. The lowest BCUT2D eigenvalue weighted by atomic mass is 9.88. The molecule has 0 aromatic heterocycles. The maximum absolute atomic E-state index is 11.5. The molecule has 2 aliphatic rings. The van der Waals surface area contributed by atoms with Crippen LogP contribution in [0.2, 0.25) is 0 Å². The Morgan fingerprint density at radius 3 is 3.00 bits per heavy atom. The molecule has 0 unspecified atom stereocenters. The van der Waals surface area contributed by atoms with Gasteiger partial charge in [0, 0.05) is 12.3 Å². The highest BCUT2D eigenvalue weighted by Gasteiger charge is 2.65. The van der Waals surface area contributed by atoms with Crippen LogP contribution in [0.5, 0.6) is 0 Å². The first-order valence-corrected chi connectivity index (χ1v) is 5.14. The minimum Gasteiger partial charge on any atom is -0.479 e. The van der Waals surface area contributed by atoms with Gasteiger partial charge in [-0.1, -0.05) is 6.58 Å². The van der Waals surface area contributed by atoms with E-state index >= 15 is 0 Å². The SMILES string of the molecule is C=C1CS[C@@H]2N(C1)C(=O)[C@]2(N)C(=O)O. The summed E-state index contributed by atoms with van der Waals surface area (Å²) in [6, 6.07) is 0. The molecule has 2 aliphatic heterocycles. The zero-order valence-corrected chi connectivity index (χ0v) is 8.21. The summed E-state index contributed by atoms with van der Waals surface area (Å²) in [5.74, 6) is -1.09. The number of carboxylic acid groups (broad SMARTS) is 1. The molecule has 2 rings (SSSR count). The molecular weight excluding hydrogens is 204 g/mol. The van der Waals surface area contributed by atoms with Crippen LogP contribution in [0, 0.1) is 0 Å². The van der Waals surface area contributed by atoms with Gasteiger partial charge < -0.3 is 15.7 Å². The van der Waals surface area contributed by atoms with Crippen molar-refractivity contribution in [3.05, 3.63) is 12.2 Å². The van der Waals surface area contributed by atoms with Gasteiger partial charge in [-0.15, -0.1) is 11.8 Å². The Hall–Kier alpha value is -1.01. The third-order valence-corrected chi connectivity index (χ3v) is 4.00. The van der Waals surface area contributed by atoms with Gasteiger partial charge in [0.25, 0.3) is 5.91 Å². The van der Waals surface area contributed by atoms with E-state index in [2.05, 4.69) is 6.58 Å². The van der Waals surface area contributed by atoms with E-state index < -0.39 is 22.8 Å². The van der Waals surface area contributed by atoms with Gasteiger partial charge in [-0.3, -0.25) is 4.79 Å². The highest BCUT2D eigenvalue weighted by atomic mass is 32.2. The van der Waals surface area contributed by atoms with Crippen LogP contribution in [0.25, 0.3) is 0 Å². The Balaban J connectivity index is 2.24. The van der Waals surface area contributed by atoms with E-state index in [-0.39, 0.29) is 0 Å². The van der Waals surface area contributed by atoms with E-state index in [1.54, 1.807) is 0 Å². The molecule has 0 aromatic rings. The lowest BCUT2D eigenvalue weighted by Crippen LogP contribution is -2.81. The fraction of sp³-hybridized carbons (Fsp3) is 0.500. The third kappa shape index (κ3) is 0.949. The molecule has 0 spiro atoms. The molecule has 3 N–H and O–H groups in total. The lowest BCUT2D eigenvalue weighted by Gasteiger charge is -2.53. The number of nitrogens with two attached hydrogens (primary N) is 1. The number of carbonyl (C=O) groups is 2. The molecule has 76 valence electrons. The summed E-state index contributed by atoms with van der Waals surface area (Å²) in [5.41, 5.74) is 4.75. The Bertz CT molecular complexity index is 343. The number of hydrogen-bond acceptors (Lipinski definition) is 4. The van der Waals surface area contributed by atoms with Crippen molar-refractivity contribution in [1.82, 2.24) is 4.90 Å². The van der Waals surface area contributed by atoms with Crippen molar-refractivity contribution >= 4 is 23.6 Å². The summed E-state index contributed by atoms with van der Waals surface area (Å²) in [4.78, 5) is 23.8. The molecule has 2 atom stereocenters. The molecule has 0 radical (unpaired) electrons. The summed E-state index contributed by atoms with van der Waals surface area (Å²) < 4.78 is 0. The summed E-state index contributed by atoms with van der Waals surface area (Å²) in [6.07, 6.45) is 0. The summed E-state index contributed by atoms with van der Waals surface area (Å²) in [7, 11) is 0. The number of hydrogen-bond donors (Lipinski definition) is 2. The number of nitrogens with zero attached hydrogens (tertiary/aromatic N) is 1. The minimum absolute atomic E-state index is 0.432. The third-order valence-electron chi connectivity index (χ3n) is 2.48. The predicted molar refractivity (Wildman–Crippen MR) is 51.7 cm³/mol. The quantitative estimate of drug-likeness (QED) is 0.340. The first-order chi connectivity index (χ1) is 6.48. The van der Waals surface area contributed by atoms with Crippen LogP contribution in [0.1, 0.15) is 0 Å². The normalized spacial score (nSPS) is 36.4. The van der Waals surface area contributed by atoms with E-state index in [1.165, 1.54) is 16.7 Å². The molecule has 0 saturated carbocycles. The predicted octanol–water partition coefficient (Wildman–Crippen LogP) is -0.760. The molecule has 6 heteroatoms. The van der Waals surface area contributed by atoms with Gasteiger partial charge in [-0.2, -0.15) is 0 Å². The maximum atomic E-state index is 11.5. The second-order valence-corrected chi connectivity index (χ2v) is 4.59. The number of carboxylic acids is 1. The van der Waals surface area contributed by atoms with Gasteiger partial charge in [-0.25, -0.2) is 4.79 Å². The average molecular weight is 214 g/mol. The highest BCUT2D eigenvalue weighted by Crippen LogP contribution is 2.41. The van der Waals surface area contributed by atoms with Crippen LogP contribution >= 0.6 is 11.8 Å². The number of β-lactam (4-membered cyclic amide) rings is 1. The van der Waals surface area contributed by atoms with Gasteiger partial charge >= 0.3 is 5.97 Å². The first-order valence-electron chi connectivity index (χ1n) is 4.09. The van der Waals surface area contributed by atoms with Gasteiger partial charge in [0.2, 0.25) is 5.54 Å². The lowest BCUT2D eigenvalue weighted by molar-refractivity contribution is -0.167. The second-order valence-electron chi connectivity index (χ2n) is 3.52. The number of aliphatic carboxylic acids is 1. The first kappa shape index (κ1) is 9.54. The van der Waals surface area contributed by atoms with Crippen molar-refractivity contribution in [2.75, 3.05) is 12.3 Å². The van der Waals surface area contributed by atoms with Gasteiger partial charge in [-0.05, 0) is 5.57 Å². The van der Waals surface area contributed by atoms with Crippen LogP contribution < -0.4 is 5.73 Å². The molecule has 2 heterocycles. The maximum Gasteiger partial charge on any atom is 0.336 e. The summed E-state index contributed by atoms with van der Waals surface area (Å²) >= 11 is 1.36. The van der Waals surface area contributed by atoms with Crippen molar-refractivity contribution in [3.8, 4) is 0 Å². The number of thioether (sulfide) groups is 1. The van der Waals surface area contributed by atoms with E-state index in [0.717, 1.165) is 5.57 Å². The van der Waals surface area contributed by atoms with Crippen molar-refractivity contribution < 1.29 is 14.7 Å². The Morgan fingerprint density at radius 2 is 2.43 bits per heavy atom. The Kier molecular flexibility index (Phi) is 1.87. The second kappa shape index (κ2) is 2.74. The Morgan fingerprint density at radius 1 is 1.79 bits per heavy atom. The van der Waals surface area contributed by atoms with Gasteiger partial charge in [0.1, 0.15) is 5.37 Å². The zero-order chi connectivity index (χ0) is 10.5. The van der Waals surface area contributed by atoms with Gasteiger partial charge in [0.15, 0.2) is 0 Å². The molecule has 5 nitrogen and oxygen atoms in total. The zero-order valence-electron chi connectivity index (χ0n) is 7.40. The molecule has 2 fully saturated rings. The topological polar surface area (TPSA) is 83.6 Å². The molecule has 0 aromatic carbocycles. The highest BCUT2D eigenvalue weighted by molar-refractivity contribution is 8.00. The standard InChI is InChI=1S/C8H10N2O3S/c1-4-2-10-5(11)8(9,7(12)13)6(10)14-3-4/h6H,1-3,9H2,(H,12,13)/t6-,8+/m0/s1.